The standard InChI is InChI=1S/C22H26F2N8O/c1-15-16(14-26-32(15)21-13-20(29(2)33)27-22(25)28-21)4-3-5-30-6-8-31(9-7-30)19-11-17(23)10-18(24)12-19/h3-4,10-14,33H,5-9H2,1-2H3,(H2,25,27,28). The molecule has 0 amide bonds. The molecule has 1 saturated heterocycles. The molecule has 0 aliphatic carbocycles. The van der Waals surface area contributed by atoms with Crippen molar-refractivity contribution in [3.63, 3.8) is 0 Å². The molecule has 4 rings (SSSR count). The second-order valence-corrected chi connectivity index (χ2v) is 7.88. The zero-order chi connectivity index (χ0) is 23.5. The van der Waals surface area contributed by atoms with Gasteiger partial charge in [0.15, 0.2) is 11.6 Å². The van der Waals surface area contributed by atoms with Crippen molar-refractivity contribution in [1.82, 2.24) is 24.6 Å². The van der Waals surface area contributed by atoms with Gasteiger partial charge in [-0.05, 0) is 19.1 Å². The number of rotatable bonds is 6. The van der Waals surface area contributed by atoms with Crippen molar-refractivity contribution in [3.05, 3.63) is 59.4 Å². The fraction of sp³-hybridized carbons (Fsp3) is 0.318. The number of piperazine rings is 1. The molecule has 9 nitrogen and oxygen atoms in total. The van der Waals surface area contributed by atoms with E-state index in [1.807, 2.05) is 17.9 Å². The normalized spacial score (nSPS) is 14.9. The summed E-state index contributed by atoms with van der Waals surface area (Å²) in [6.07, 6.45) is 5.80. The van der Waals surface area contributed by atoms with Gasteiger partial charge in [0.25, 0.3) is 0 Å². The van der Waals surface area contributed by atoms with Crippen molar-refractivity contribution in [1.29, 1.82) is 0 Å². The molecule has 1 aliphatic heterocycles. The Bertz CT molecular complexity index is 1140. The molecule has 0 radical (unpaired) electrons. The molecule has 33 heavy (non-hydrogen) atoms. The monoisotopic (exact) mass is 456 g/mol. The minimum atomic E-state index is -0.560. The average molecular weight is 457 g/mol. The van der Waals surface area contributed by atoms with Crippen LogP contribution >= 0.6 is 0 Å². The van der Waals surface area contributed by atoms with Crippen LogP contribution in [0.5, 0.6) is 0 Å². The second kappa shape index (κ2) is 9.51. The van der Waals surface area contributed by atoms with Crippen LogP contribution < -0.4 is 15.7 Å². The molecule has 11 heteroatoms. The highest BCUT2D eigenvalue weighted by Crippen LogP contribution is 2.20. The molecule has 0 saturated carbocycles. The predicted octanol–water partition coefficient (Wildman–Crippen LogP) is 2.49. The Balaban J connectivity index is 1.37. The van der Waals surface area contributed by atoms with Crippen LogP contribution in [0.25, 0.3) is 11.9 Å². The lowest BCUT2D eigenvalue weighted by Crippen LogP contribution is -2.46. The van der Waals surface area contributed by atoms with Crippen LogP contribution in [0.2, 0.25) is 0 Å². The van der Waals surface area contributed by atoms with Gasteiger partial charge in [0, 0.05) is 63.2 Å². The Kier molecular flexibility index (Phi) is 6.52. The smallest absolute Gasteiger partial charge is 0.224 e. The quantitative estimate of drug-likeness (QED) is 0.546. The number of anilines is 3. The minimum Gasteiger partial charge on any atom is -0.369 e. The number of nitrogens with two attached hydrogens (primary N) is 1. The number of nitrogen functional groups attached to an aromatic ring is 1. The largest absolute Gasteiger partial charge is 0.369 e. The molecular formula is C22H26F2N8O. The molecule has 3 heterocycles. The van der Waals surface area contributed by atoms with E-state index in [-0.39, 0.29) is 11.8 Å². The number of nitrogens with zero attached hydrogens (tertiary/aromatic N) is 7. The summed E-state index contributed by atoms with van der Waals surface area (Å²) in [6, 6.07) is 5.21. The molecule has 2 aromatic heterocycles. The first-order chi connectivity index (χ1) is 15.8. The summed E-state index contributed by atoms with van der Waals surface area (Å²) >= 11 is 0. The van der Waals surface area contributed by atoms with Crippen LogP contribution in [0, 0.1) is 18.6 Å². The minimum absolute atomic E-state index is 0.0375. The summed E-state index contributed by atoms with van der Waals surface area (Å²) in [6.45, 7) is 5.64. The predicted molar refractivity (Wildman–Crippen MR) is 123 cm³/mol. The van der Waals surface area contributed by atoms with Gasteiger partial charge in [0.2, 0.25) is 5.95 Å². The Morgan fingerprint density at radius 3 is 2.45 bits per heavy atom. The van der Waals surface area contributed by atoms with Crippen LogP contribution in [-0.4, -0.2) is 69.6 Å². The summed E-state index contributed by atoms with van der Waals surface area (Å²) in [4.78, 5) is 12.4. The van der Waals surface area contributed by atoms with Crippen LogP contribution in [0.15, 0.2) is 36.5 Å². The zero-order valence-electron chi connectivity index (χ0n) is 18.5. The number of hydroxylamine groups is 1. The number of hydrogen-bond donors (Lipinski definition) is 2. The van der Waals surface area contributed by atoms with Crippen molar-refractivity contribution < 1.29 is 14.0 Å². The summed E-state index contributed by atoms with van der Waals surface area (Å²) in [5, 5.41) is 14.9. The van der Waals surface area contributed by atoms with Gasteiger partial charge in [0.1, 0.15) is 11.6 Å². The molecule has 0 atom stereocenters. The van der Waals surface area contributed by atoms with Gasteiger partial charge in [-0.15, -0.1) is 0 Å². The van der Waals surface area contributed by atoms with E-state index < -0.39 is 11.6 Å². The third-order valence-corrected chi connectivity index (χ3v) is 5.56. The first kappa shape index (κ1) is 22.6. The van der Waals surface area contributed by atoms with Gasteiger partial charge in [-0.25, -0.2) is 18.5 Å². The van der Waals surface area contributed by atoms with Gasteiger partial charge in [-0.2, -0.15) is 15.1 Å². The van der Waals surface area contributed by atoms with Crippen molar-refractivity contribution >= 4 is 23.5 Å². The second-order valence-electron chi connectivity index (χ2n) is 7.88. The van der Waals surface area contributed by atoms with Gasteiger partial charge in [-0.1, -0.05) is 12.2 Å². The summed E-state index contributed by atoms with van der Waals surface area (Å²) < 4.78 is 28.6. The molecule has 1 aromatic carbocycles. The maximum Gasteiger partial charge on any atom is 0.224 e. The molecule has 174 valence electrons. The van der Waals surface area contributed by atoms with Crippen LogP contribution in [0.1, 0.15) is 11.3 Å². The van der Waals surface area contributed by atoms with E-state index in [0.717, 1.165) is 42.0 Å². The topological polar surface area (TPSA) is 99.6 Å². The highest BCUT2D eigenvalue weighted by Gasteiger charge is 2.17. The molecule has 1 aliphatic rings. The van der Waals surface area contributed by atoms with Crippen molar-refractivity contribution in [2.24, 2.45) is 0 Å². The van der Waals surface area contributed by atoms with E-state index >= 15 is 0 Å². The highest BCUT2D eigenvalue weighted by atomic mass is 19.1. The van der Waals surface area contributed by atoms with Crippen LogP contribution in [0.3, 0.4) is 0 Å². The Labute approximate surface area is 190 Å². The van der Waals surface area contributed by atoms with E-state index in [1.165, 1.54) is 19.2 Å². The number of halogens is 2. The van der Waals surface area contributed by atoms with Crippen molar-refractivity contribution in [2.45, 2.75) is 6.92 Å². The van der Waals surface area contributed by atoms with E-state index in [2.05, 4.69) is 26.0 Å². The van der Waals surface area contributed by atoms with Gasteiger partial charge in [0.05, 0.1) is 11.9 Å². The van der Waals surface area contributed by atoms with Crippen LogP contribution in [-0.2, 0) is 0 Å². The van der Waals surface area contributed by atoms with Crippen LogP contribution in [0.4, 0.5) is 26.2 Å². The third kappa shape index (κ3) is 5.26. The molecule has 0 spiro atoms. The van der Waals surface area contributed by atoms with E-state index in [1.54, 1.807) is 16.9 Å². The number of aromatic nitrogens is 4. The van der Waals surface area contributed by atoms with E-state index in [9.17, 15) is 14.0 Å². The fourth-order valence-electron chi connectivity index (χ4n) is 3.77. The molecule has 0 bridgehead atoms. The highest BCUT2D eigenvalue weighted by molar-refractivity contribution is 5.53. The maximum atomic E-state index is 13.5. The molecular weight excluding hydrogens is 430 g/mol. The summed E-state index contributed by atoms with van der Waals surface area (Å²) in [7, 11) is 1.45. The zero-order valence-corrected chi connectivity index (χ0v) is 18.5. The molecule has 1 fully saturated rings. The van der Waals surface area contributed by atoms with E-state index in [0.29, 0.717) is 24.6 Å². The third-order valence-electron chi connectivity index (χ3n) is 5.56. The summed E-state index contributed by atoms with van der Waals surface area (Å²) in [5.74, 6) is -0.355. The van der Waals surface area contributed by atoms with Crippen molar-refractivity contribution in [3.8, 4) is 5.82 Å². The van der Waals surface area contributed by atoms with Gasteiger partial charge < -0.3 is 10.6 Å². The SMILES string of the molecule is Cc1c(C=CCN2CCN(c3cc(F)cc(F)c3)CC2)cnn1-c1cc(N(C)O)nc(N)n1. The summed E-state index contributed by atoms with van der Waals surface area (Å²) in [5.41, 5.74) is 8.13. The van der Waals surface area contributed by atoms with Gasteiger partial charge in [-0.3, -0.25) is 10.1 Å². The number of hydrogen-bond acceptors (Lipinski definition) is 8. The van der Waals surface area contributed by atoms with E-state index in [4.69, 9.17) is 5.73 Å². The average Bonchev–Trinajstić information content (AvgIpc) is 3.13. The number of benzene rings is 1. The Hall–Kier alpha value is -3.57. The molecule has 3 N–H and O–H groups in total. The maximum absolute atomic E-state index is 13.5. The lowest BCUT2D eigenvalue weighted by Gasteiger charge is -2.35. The lowest BCUT2D eigenvalue weighted by molar-refractivity contribution is 0.276. The lowest BCUT2D eigenvalue weighted by atomic mass is 10.2. The Morgan fingerprint density at radius 1 is 1.09 bits per heavy atom. The first-order valence-electron chi connectivity index (χ1n) is 10.5. The Morgan fingerprint density at radius 2 is 1.79 bits per heavy atom. The van der Waals surface area contributed by atoms with Gasteiger partial charge >= 0.3 is 0 Å². The van der Waals surface area contributed by atoms with Crippen molar-refractivity contribution in [2.75, 3.05) is 55.5 Å². The first-order valence-corrected chi connectivity index (χ1v) is 10.5. The fourth-order valence-corrected chi connectivity index (χ4v) is 3.77. The molecule has 3 aromatic rings. The molecule has 0 unspecified atom stereocenters.